The molecule has 0 atom stereocenters. The zero-order chi connectivity index (χ0) is 15.7. The van der Waals surface area contributed by atoms with Crippen molar-refractivity contribution >= 4 is 11.4 Å². The van der Waals surface area contributed by atoms with Gasteiger partial charge in [0.25, 0.3) is 0 Å². The highest BCUT2D eigenvalue weighted by atomic mass is 15.1. The highest BCUT2D eigenvalue weighted by Crippen LogP contribution is 2.45. The smallest absolute Gasteiger partial charge is 0.0667 e. The maximum atomic E-state index is 3.45. The van der Waals surface area contributed by atoms with Crippen molar-refractivity contribution in [1.29, 1.82) is 0 Å². The van der Waals surface area contributed by atoms with Gasteiger partial charge in [0, 0.05) is 18.9 Å². The number of piperidine rings is 1. The third-order valence-corrected chi connectivity index (χ3v) is 6.31. The molecule has 1 saturated heterocycles. The lowest BCUT2D eigenvalue weighted by atomic mass is 9.68. The molecule has 3 nitrogen and oxygen atoms in total. The molecule has 2 aliphatic heterocycles. The quantitative estimate of drug-likeness (QED) is 0.817. The molecule has 3 aliphatic rings. The van der Waals surface area contributed by atoms with Gasteiger partial charge in [0.15, 0.2) is 0 Å². The Morgan fingerprint density at radius 3 is 2.48 bits per heavy atom. The lowest BCUT2D eigenvalue weighted by Gasteiger charge is -2.44. The van der Waals surface area contributed by atoms with Gasteiger partial charge in [0.05, 0.1) is 11.4 Å². The summed E-state index contributed by atoms with van der Waals surface area (Å²) in [6.07, 6.45) is 14.1. The molecule has 0 aromatic heterocycles. The van der Waals surface area contributed by atoms with Crippen LogP contribution in [0.2, 0.25) is 0 Å². The van der Waals surface area contributed by atoms with Gasteiger partial charge in [-0.3, -0.25) is 4.90 Å². The van der Waals surface area contributed by atoms with Gasteiger partial charge >= 0.3 is 0 Å². The molecular formula is C20H29N3. The summed E-state index contributed by atoms with van der Waals surface area (Å²) in [5.41, 5.74) is 6.02. The average Bonchev–Trinajstić information content (AvgIpc) is 2.60. The summed E-state index contributed by atoms with van der Waals surface area (Å²) in [4.78, 5) is 2.67. The largest absolute Gasteiger partial charge is 0.359 e. The van der Waals surface area contributed by atoms with Crippen molar-refractivity contribution in [2.24, 2.45) is 5.41 Å². The van der Waals surface area contributed by atoms with E-state index in [1.807, 2.05) is 12.4 Å². The fourth-order valence-electron chi connectivity index (χ4n) is 4.71. The summed E-state index contributed by atoms with van der Waals surface area (Å²) in [6.45, 7) is 5.86. The molecule has 0 radical (unpaired) electrons. The summed E-state index contributed by atoms with van der Waals surface area (Å²) in [7, 11) is 0. The second-order valence-electron chi connectivity index (χ2n) is 7.74. The Balaban J connectivity index is 1.46. The van der Waals surface area contributed by atoms with Crippen molar-refractivity contribution < 1.29 is 0 Å². The normalized spacial score (nSPS) is 23.2. The Kier molecular flexibility index (Phi) is 4.06. The molecule has 2 N–H and O–H groups in total. The Labute approximate surface area is 140 Å². The molecular weight excluding hydrogens is 282 g/mol. The number of rotatable bonds is 2. The fourth-order valence-corrected chi connectivity index (χ4v) is 4.71. The number of hydrogen-bond acceptors (Lipinski definition) is 3. The topological polar surface area (TPSA) is 27.3 Å². The van der Waals surface area contributed by atoms with E-state index in [-0.39, 0.29) is 0 Å². The van der Waals surface area contributed by atoms with E-state index >= 15 is 0 Å². The number of nitrogens with one attached hydrogen (secondary N) is 2. The van der Waals surface area contributed by atoms with E-state index in [9.17, 15) is 0 Å². The summed E-state index contributed by atoms with van der Waals surface area (Å²) in [6, 6.07) is 4.42. The van der Waals surface area contributed by atoms with Gasteiger partial charge in [0.2, 0.25) is 0 Å². The van der Waals surface area contributed by atoms with E-state index in [2.05, 4.69) is 34.6 Å². The van der Waals surface area contributed by atoms with Gasteiger partial charge in [0.1, 0.15) is 0 Å². The minimum absolute atomic E-state index is 0.697. The predicted molar refractivity (Wildman–Crippen MR) is 97.6 cm³/mol. The first kappa shape index (κ1) is 15.1. The van der Waals surface area contributed by atoms with Crippen LogP contribution in [0.3, 0.4) is 0 Å². The number of hydrogen-bond donors (Lipinski definition) is 2. The van der Waals surface area contributed by atoms with E-state index < -0.39 is 0 Å². The highest BCUT2D eigenvalue weighted by Gasteiger charge is 2.35. The van der Waals surface area contributed by atoms with Crippen LogP contribution in [0.4, 0.5) is 11.4 Å². The number of nitrogens with zero attached hydrogens (tertiary/aromatic N) is 1. The van der Waals surface area contributed by atoms with E-state index in [1.54, 1.807) is 0 Å². The van der Waals surface area contributed by atoms with Crippen molar-refractivity contribution in [2.45, 2.75) is 58.4 Å². The SMILES string of the molecule is Cc1ccc2c(c1CN1CCC3(CCCCC3)CC1)NC=CN2. The van der Waals surface area contributed by atoms with Crippen molar-refractivity contribution in [2.75, 3.05) is 23.7 Å². The molecule has 1 aromatic rings. The number of aryl methyl sites for hydroxylation is 1. The molecule has 23 heavy (non-hydrogen) atoms. The van der Waals surface area contributed by atoms with E-state index in [0.717, 1.165) is 6.54 Å². The first-order valence-corrected chi connectivity index (χ1v) is 9.29. The molecule has 2 heterocycles. The van der Waals surface area contributed by atoms with Crippen LogP contribution in [0.25, 0.3) is 0 Å². The van der Waals surface area contributed by atoms with Gasteiger partial charge < -0.3 is 10.6 Å². The standard InChI is InChI=1S/C20H29N3/c1-16-5-6-18-19(22-12-11-21-18)17(16)15-23-13-9-20(10-14-23)7-3-2-4-8-20/h5-6,11-12,21-22H,2-4,7-10,13-15H2,1H3. The summed E-state index contributed by atoms with van der Waals surface area (Å²) >= 11 is 0. The second-order valence-corrected chi connectivity index (χ2v) is 7.74. The van der Waals surface area contributed by atoms with Crippen LogP contribution in [0, 0.1) is 12.3 Å². The maximum absolute atomic E-state index is 3.45. The van der Waals surface area contributed by atoms with Crippen molar-refractivity contribution in [3.8, 4) is 0 Å². The summed E-state index contributed by atoms with van der Waals surface area (Å²) in [5.74, 6) is 0. The van der Waals surface area contributed by atoms with E-state index in [0.29, 0.717) is 5.41 Å². The Morgan fingerprint density at radius 1 is 0.957 bits per heavy atom. The van der Waals surface area contributed by atoms with Crippen LogP contribution < -0.4 is 10.6 Å². The van der Waals surface area contributed by atoms with Crippen LogP contribution in [-0.2, 0) is 6.54 Å². The highest BCUT2D eigenvalue weighted by molar-refractivity contribution is 5.77. The van der Waals surface area contributed by atoms with Gasteiger partial charge in [-0.2, -0.15) is 0 Å². The maximum Gasteiger partial charge on any atom is 0.0667 e. The minimum Gasteiger partial charge on any atom is -0.359 e. The summed E-state index contributed by atoms with van der Waals surface area (Å²) < 4.78 is 0. The molecule has 4 rings (SSSR count). The Morgan fingerprint density at radius 2 is 1.70 bits per heavy atom. The molecule has 1 aliphatic carbocycles. The van der Waals surface area contributed by atoms with Gasteiger partial charge in [-0.1, -0.05) is 25.3 Å². The Hall–Kier alpha value is -1.48. The van der Waals surface area contributed by atoms with Gasteiger partial charge in [-0.05, 0) is 68.3 Å². The minimum atomic E-state index is 0.697. The van der Waals surface area contributed by atoms with Crippen LogP contribution in [0.5, 0.6) is 0 Å². The van der Waals surface area contributed by atoms with Gasteiger partial charge in [-0.25, -0.2) is 0 Å². The predicted octanol–water partition coefficient (Wildman–Crippen LogP) is 4.85. The molecule has 0 amide bonds. The van der Waals surface area contributed by atoms with Crippen LogP contribution in [-0.4, -0.2) is 18.0 Å². The van der Waals surface area contributed by atoms with Crippen LogP contribution in [0.15, 0.2) is 24.5 Å². The fraction of sp³-hybridized carbons (Fsp3) is 0.600. The van der Waals surface area contributed by atoms with E-state index in [4.69, 9.17) is 0 Å². The third kappa shape index (κ3) is 2.99. The second kappa shape index (κ2) is 6.20. The number of benzene rings is 1. The average molecular weight is 311 g/mol. The first-order valence-electron chi connectivity index (χ1n) is 9.29. The van der Waals surface area contributed by atoms with Crippen LogP contribution >= 0.6 is 0 Å². The van der Waals surface area contributed by atoms with Crippen molar-refractivity contribution in [3.05, 3.63) is 35.7 Å². The molecule has 1 spiro atoms. The molecule has 3 heteroatoms. The third-order valence-electron chi connectivity index (χ3n) is 6.31. The Bertz CT molecular complexity index is 589. The zero-order valence-corrected chi connectivity index (χ0v) is 14.3. The van der Waals surface area contributed by atoms with Gasteiger partial charge in [-0.15, -0.1) is 0 Å². The molecule has 1 aromatic carbocycles. The molecule has 124 valence electrons. The van der Waals surface area contributed by atoms with Crippen molar-refractivity contribution in [1.82, 2.24) is 4.90 Å². The monoisotopic (exact) mass is 311 g/mol. The zero-order valence-electron chi connectivity index (χ0n) is 14.3. The molecule has 0 bridgehead atoms. The number of anilines is 2. The first-order chi connectivity index (χ1) is 11.3. The summed E-state index contributed by atoms with van der Waals surface area (Å²) in [5, 5.41) is 6.80. The molecule has 1 saturated carbocycles. The lowest BCUT2D eigenvalue weighted by molar-refractivity contribution is 0.0641. The number of likely N-dealkylation sites (tertiary alicyclic amines) is 1. The number of fused-ring (bicyclic) bond motifs is 1. The van der Waals surface area contributed by atoms with E-state index in [1.165, 1.54) is 80.5 Å². The lowest BCUT2D eigenvalue weighted by Crippen LogP contribution is -2.40. The molecule has 2 fully saturated rings. The molecule has 0 unspecified atom stereocenters. The van der Waals surface area contributed by atoms with Crippen LogP contribution in [0.1, 0.15) is 56.1 Å². The van der Waals surface area contributed by atoms with Crippen molar-refractivity contribution in [3.63, 3.8) is 0 Å².